The zero-order valence-corrected chi connectivity index (χ0v) is 15.0. The number of hydrogen-bond acceptors (Lipinski definition) is 5. The van der Waals surface area contributed by atoms with Gasteiger partial charge in [0.05, 0.1) is 11.3 Å². The Balaban J connectivity index is 1.78. The van der Waals surface area contributed by atoms with Gasteiger partial charge in [0.2, 0.25) is 5.91 Å². The van der Waals surface area contributed by atoms with Gasteiger partial charge >= 0.3 is 0 Å². The Morgan fingerprint density at radius 1 is 1.36 bits per heavy atom. The summed E-state index contributed by atoms with van der Waals surface area (Å²) >= 11 is 0. The molecule has 0 atom stereocenters. The molecule has 0 spiro atoms. The van der Waals surface area contributed by atoms with E-state index in [0.717, 1.165) is 16.6 Å². The molecule has 1 aliphatic heterocycles. The molecular formula is C21H18N4O3. The fourth-order valence-electron chi connectivity index (χ4n) is 3.37. The Morgan fingerprint density at radius 3 is 2.86 bits per heavy atom. The summed E-state index contributed by atoms with van der Waals surface area (Å²) in [6, 6.07) is 8.74. The van der Waals surface area contributed by atoms with Gasteiger partial charge in [-0.3, -0.25) is 4.79 Å². The maximum Gasteiger partial charge on any atom is 0.245 e. The highest BCUT2D eigenvalue weighted by Crippen LogP contribution is 2.34. The van der Waals surface area contributed by atoms with Gasteiger partial charge < -0.3 is 20.1 Å². The van der Waals surface area contributed by atoms with Crippen molar-refractivity contribution in [2.45, 2.75) is 5.92 Å². The SMILES string of the molecule is C=CC(=O)N1CC(c2[nH]c3nnc(-c4ccccc4O)cc3c2C#CCO)C1. The van der Waals surface area contributed by atoms with Crippen LogP contribution in [0.3, 0.4) is 0 Å². The molecule has 1 aromatic carbocycles. The van der Waals surface area contributed by atoms with E-state index < -0.39 is 0 Å². The van der Waals surface area contributed by atoms with Gasteiger partial charge in [-0.25, -0.2) is 0 Å². The molecule has 4 rings (SSSR count). The Morgan fingerprint density at radius 2 is 2.14 bits per heavy atom. The van der Waals surface area contributed by atoms with E-state index in [4.69, 9.17) is 5.11 Å². The third kappa shape index (κ3) is 3.00. The summed E-state index contributed by atoms with van der Waals surface area (Å²) in [4.78, 5) is 16.7. The van der Waals surface area contributed by atoms with Crippen LogP contribution in [-0.4, -0.2) is 55.9 Å². The highest BCUT2D eigenvalue weighted by atomic mass is 16.3. The van der Waals surface area contributed by atoms with Gasteiger partial charge in [-0.05, 0) is 24.3 Å². The number of phenols is 1. The summed E-state index contributed by atoms with van der Waals surface area (Å²) in [5.74, 6) is 5.80. The van der Waals surface area contributed by atoms with E-state index in [9.17, 15) is 9.90 Å². The normalized spacial score (nSPS) is 13.7. The Labute approximate surface area is 161 Å². The molecule has 3 N–H and O–H groups in total. The number of nitrogens with one attached hydrogen (secondary N) is 1. The number of aliphatic hydroxyl groups excluding tert-OH is 1. The number of likely N-dealkylation sites (tertiary alicyclic amines) is 1. The van der Waals surface area contributed by atoms with Crippen LogP contribution in [0.25, 0.3) is 22.3 Å². The van der Waals surface area contributed by atoms with Gasteiger partial charge in [-0.15, -0.1) is 10.2 Å². The quantitative estimate of drug-likeness (QED) is 0.479. The summed E-state index contributed by atoms with van der Waals surface area (Å²) in [7, 11) is 0. The predicted octanol–water partition coefficient (Wildman–Crippen LogP) is 1.79. The van der Waals surface area contributed by atoms with Crippen LogP contribution < -0.4 is 0 Å². The van der Waals surface area contributed by atoms with Crippen molar-refractivity contribution in [1.82, 2.24) is 20.1 Å². The maximum atomic E-state index is 11.7. The van der Waals surface area contributed by atoms with Crippen LogP contribution in [0.2, 0.25) is 0 Å². The van der Waals surface area contributed by atoms with E-state index in [1.165, 1.54) is 6.08 Å². The zero-order chi connectivity index (χ0) is 19.7. The van der Waals surface area contributed by atoms with Crippen LogP contribution in [-0.2, 0) is 4.79 Å². The van der Waals surface area contributed by atoms with Crippen LogP contribution in [0.5, 0.6) is 5.75 Å². The van der Waals surface area contributed by atoms with E-state index in [1.807, 2.05) is 12.1 Å². The number of carbonyl (C=O) groups excluding carboxylic acids is 1. The number of nitrogens with zero attached hydrogens (tertiary/aromatic N) is 3. The first-order valence-corrected chi connectivity index (χ1v) is 8.81. The van der Waals surface area contributed by atoms with Crippen LogP contribution in [0.4, 0.5) is 0 Å². The number of aromatic amines is 1. The van der Waals surface area contributed by atoms with Crippen molar-refractivity contribution in [3.8, 4) is 28.8 Å². The molecule has 3 aromatic rings. The second-order valence-electron chi connectivity index (χ2n) is 6.53. The summed E-state index contributed by atoms with van der Waals surface area (Å²) in [5, 5.41) is 28.5. The number of aromatic hydroxyl groups is 1. The lowest BCUT2D eigenvalue weighted by Crippen LogP contribution is -2.48. The molecule has 28 heavy (non-hydrogen) atoms. The van der Waals surface area contributed by atoms with Gasteiger partial charge in [0.15, 0.2) is 5.65 Å². The molecule has 3 heterocycles. The lowest BCUT2D eigenvalue weighted by molar-refractivity contribution is -0.130. The number of carbonyl (C=O) groups is 1. The summed E-state index contributed by atoms with van der Waals surface area (Å²) < 4.78 is 0. The predicted molar refractivity (Wildman–Crippen MR) is 104 cm³/mol. The number of amides is 1. The number of H-pyrrole nitrogens is 1. The Kier molecular flexibility index (Phi) is 4.55. The molecule has 0 unspecified atom stereocenters. The summed E-state index contributed by atoms with van der Waals surface area (Å²) in [5.41, 5.74) is 3.27. The van der Waals surface area contributed by atoms with Gasteiger partial charge in [-0.2, -0.15) is 0 Å². The topological polar surface area (TPSA) is 102 Å². The number of hydrogen-bond donors (Lipinski definition) is 3. The van der Waals surface area contributed by atoms with Gasteiger partial charge in [0.25, 0.3) is 0 Å². The standard InChI is InChI=1S/C21H18N4O3/c1-2-19(28)25-11-13(12-25)20-14(7-5-9-26)16-10-17(23-24-21(16)22-20)15-6-3-4-8-18(15)27/h2-4,6,8,10,13,26-27H,1,9,11-12H2,(H,22,24). The first kappa shape index (κ1) is 17.8. The smallest absolute Gasteiger partial charge is 0.245 e. The fourth-order valence-corrected chi connectivity index (χ4v) is 3.37. The molecule has 0 saturated carbocycles. The summed E-state index contributed by atoms with van der Waals surface area (Å²) in [6.07, 6.45) is 1.30. The van der Waals surface area contributed by atoms with Crippen molar-refractivity contribution < 1.29 is 15.0 Å². The zero-order valence-electron chi connectivity index (χ0n) is 15.0. The van der Waals surface area contributed by atoms with Crippen LogP contribution in [0.15, 0.2) is 43.0 Å². The first-order chi connectivity index (χ1) is 13.6. The lowest BCUT2D eigenvalue weighted by atomic mass is 9.93. The molecule has 0 aliphatic carbocycles. The van der Waals surface area contributed by atoms with Crippen molar-refractivity contribution in [2.24, 2.45) is 0 Å². The van der Waals surface area contributed by atoms with Crippen molar-refractivity contribution in [3.63, 3.8) is 0 Å². The van der Waals surface area contributed by atoms with Crippen molar-refractivity contribution in [2.75, 3.05) is 19.7 Å². The van der Waals surface area contributed by atoms with E-state index >= 15 is 0 Å². The minimum atomic E-state index is -0.261. The largest absolute Gasteiger partial charge is 0.507 e. The monoisotopic (exact) mass is 374 g/mol. The molecule has 0 radical (unpaired) electrons. The van der Waals surface area contributed by atoms with Crippen LogP contribution in [0.1, 0.15) is 17.2 Å². The second-order valence-corrected chi connectivity index (χ2v) is 6.53. The number of para-hydroxylation sites is 1. The molecule has 7 heteroatoms. The molecule has 1 saturated heterocycles. The number of phenolic OH excluding ortho intramolecular Hbond substituents is 1. The van der Waals surface area contributed by atoms with E-state index in [1.54, 1.807) is 23.1 Å². The third-order valence-electron chi connectivity index (χ3n) is 4.83. The molecule has 1 fully saturated rings. The van der Waals surface area contributed by atoms with Crippen LogP contribution in [0, 0.1) is 11.8 Å². The lowest BCUT2D eigenvalue weighted by Gasteiger charge is -2.38. The van der Waals surface area contributed by atoms with Crippen LogP contribution >= 0.6 is 0 Å². The Hall–Kier alpha value is -3.63. The van der Waals surface area contributed by atoms with E-state index in [-0.39, 0.29) is 24.2 Å². The minimum Gasteiger partial charge on any atom is -0.507 e. The fraction of sp³-hybridized carbons (Fsp3) is 0.190. The number of benzene rings is 1. The van der Waals surface area contributed by atoms with Crippen molar-refractivity contribution in [1.29, 1.82) is 0 Å². The van der Waals surface area contributed by atoms with E-state index in [0.29, 0.717) is 30.0 Å². The van der Waals surface area contributed by atoms with Crippen molar-refractivity contribution >= 4 is 16.9 Å². The molecule has 2 aromatic heterocycles. The molecule has 1 aliphatic rings. The highest BCUT2D eigenvalue weighted by Gasteiger charge is 2.33. The molecule has 7 nitrogen and oxygen atoms in total. The highest BCUT2D eigenvalue weighted by molar-refractivity contribution is 5.90. The molecular weight excluding hydrogens is 356 g/mol. The van der Waals surface area contributed by atoms with Crippen molar-refractivity contribution in [3.05, 3.63) is 54.2 Å². The second kappa shape index (κ2) is 7.18. The number of rotatable bonds is 3. The van der Waals surface area contributed by atoms with Gasteiger partial charge in [0, 0.05) is 35.7 Å². The maximum absolute atomic E-state index is 11.7. The number of aliphatic hydroxyl groups is 1. The van der Waals surface area contributed by atoms with Gasteiger partial charge in [0.1, 0.15) is 12.4 Å². The Bertz CT molecular complexity index is 1130. The summed E-state index contributed by atoms with van der Waals surface area (Å²) in [6.45, 7) is 4.37. The van der Waals surface area contributed by atoms with E-state index in [2.05, 4.69) is 33.6 Å². The first-order valence-electron chi connectivity index (χ1n) is 8.81. The average molecular weight is 374 g/mol. The third-order valence-corrected chi connectivity index (χ3v) is 4.83. The average Bonchev–Trinajstić information content (AvgIpc) is 3.02. The number of aromatic nitrogens is 3. The molecule has 140 valence electrons. The minimum absolute atomic E-state index is 0.0923. The molecule has 0 bridgehead atoms. The molecule has 1 amide bonds. The van der Waals surface area contributed by atoms with Gasteiger partial charge in [-0.1, -0.05) is 30.6 Å². The number of fused-ring (bicyclic) bond motifs is 1.